The SMILES string of the molecule is C=C(COCc1ccccc1)COP(c1ccccc1)c1ccccc1. The molecule has 0 unspecified atom stereocenters. The van der Waals surface area contributed by atoms with Gasteiger partial charge in [-0.25, -0.2) is 0 Å². The minimum atomic E-state index is -0.859. The molecule has 0 aliphatic rings. The summed E-state index contributed by atoms with van der Waals surface area (Å²) in [5, 5.41) is 2.40. The van der Waals surface area contributed by atoms with Crippen molar-refractivity contribution in [1.82, 2.24) is 0 Å². The van der Waals surface area contributed by atoms with Gasteiger partial charge in [-0.3, -0.25) is 0 Å². The van der Waals surface area contributed by atoms with Crippen LogP contribution in [0.15, 0.2) is 103 Å². The Morgan fingerprint density at radius 3 is 1.73 bits per heavy atom. The van der Waals surface area contributed by atoms with Gasteiger partial charge in [-0.05, 0) is 11.1 Å². The maximum Gasteiger partial charge on any atom is 0.0922 e. The van der Waals surface area contributed by atoms with Crippen LogP contribution in [0, 0.1) is 0 Å². The Hall–Kier alpha value is -2.25. The second-order valence-corrected chi connectivity index (χ2v) is 7.85. The lowest BCUT2D eigenvalue weighted by atomic mass is 10.2. The first-order valence-corrected chi connectivity index (χ1v) is 9.90. The third kappa shape index (κ3) is 5.64. The minimum absolute atomic E-state index is 0.490. The number of benzene rings is 3. The van der Waals surface area contributed by atoms with Crippen molar-refractivity contribution in [3.8, 4) is 0 Å². The van der Waals surface area contributed by atoms with Gasteiger partial charge in [-0.2, -0.15) is 0 Å². The van der Waals surface area contributed by atoms with Gasteiger partial charge in [-0.15, -0.1) is 0 Å². The maximum absolute atomic E-state index is 6.26. The van der Waals surface area contributed by atoms with Crippen LogP contribution < -0.4 is 10.6 Å². The van der Waals surface area contributed by atoms with E-state index in [1.807, 2.05) is 30.3 Å². The van der Waals surface area contributed by atoms with E-state index in [-0.39, 0.29) is 0 Å². The first kappa shape index (κ1) is 18.5. The van der Waals surface area contributed by atoms with Crippen molar-refractivity contribution in [3.05, 3.63) is 109 Å². The summed E-state index contributed by atoms with van der Waals surface area (Å²) in [6.45, 7) is 5.69. The van der Waals surface area contributed by atoms with E-state index in [0.29, 0.717) is 19.8 Å². The third-order valence-corrected chi connectivity index (χ3v) is 5.72. The average Bonchev–Trinajstić information content (AvgIpc) is 2.71. The summed E-state index contributed by atoms with van der Waals surface area (Å²) in [5.74, 6) is 0. The summed E-state index contributed by atoms with van der Waals surface area (Å²) in [5.41, 5.74) is 2.11. The Bertz CT molecular complexity index is 749. The second-order valence-electron chi connectivity index (χ2n) is 5.97. The highest BCUT2D eigenvalue weighted by Gasteiger charge is 2.15. The topological polar surface area (TPSA) is 18.5 Å². The van der Waals surface area contributed by atoms with Crippen LogP contribution in [0.5, 0.6) is 0 Å². The Balaban J connectivity index is 1.55. The molecule has 0 aliphatic heterocycles. The largest absolute Gasteiger partial charge is 0.372 e. The Morgan fingerprint density at radius 1 is 0.692 bits per heavy atom. The lowest BCUT2D eigenvalue weighted by Crippen LogP contribution is -2.15. The van der Waals surface area contributed by atoms with Crippen LogP contribution in [-0.2, 0) is 15.9 Å². The molecule has 26 heavy (non-hydrogen) atoms. The number of hydrogen-bond donors (Lipinski definition) is 0. The predicted octanol–water partition coefficient (Wildman–Crippen LogP) is 4.82. The Labute approximate surface area is 156 Å². The number of ether oxygens (including phenoxy) is 1. The Morgan fingerprint density at radius 2 is 1.19 bits per heavy atom. The fourth-order valence-corrected chi connectivity index (χ4v) is 4.30. The van der Waals surface area contributed by atoms with Crippen LogP contribution in [0.1, 0.15) is 5.56 Å². The van der Waals surface area contributed by atoms with Gasteiger partial charge in [0.25, 0.3) is 0 Å². The van der Waals surface area contributed by atoms with Crippen molar-refractivity contribution in [1.29, 1.82) is 0 Å². The molecule has 3 heteroatoms. The van der Waals surface area contributed by atoms with Crippen LogP contribution in [0.4, 0.5) is 0 Å². The van der Waals surface area contributed by atoms with Gasteiger partial charge in [0.15, 0.2) is 0 Å². The highest BCUT2D eigenvalue weighted by atomic mass is 31.1. The third-order valence-electron chi connectivity index (χ3n) is 3.80. The van der Waals surface area contributed by atoms with E-state index in [9.17, 15) is 0 Å². The molecule has 0 N–H and O–H groups in total. The summed E-state index contributed by atoms with van der Waals surface area (Å²) < 4.78 is 12.0. The van der Waals surface area contributed by atoms with Crippen molar-refractivity contribution in [2.75, 3.05) is 13.2 Å². The summed E-state index contributed by atoms with van der Waals surface area (Å²) in [6, 6.07) is 30.9. The molecule has 3 rings (SSSR count). The van der Waals surface area contributed by atoms with Crippen molar-refractivity contribution in [3.63, 3.8) is 0 Å². The summed E-state index contributed by atoms with van der Waals surface area (Å²) in [4.78, 5) is 0. The second kappa shape index (κ2) is 10.0. The van der Waals surface area contributed by atoms with E-state index in [4.69, 9.17) is 9.26 Å². The quantitative estimate of drug-likeness (QED) is 0.401. The molecule has 0 saturated heterocycles. The predicted molar refractivity (Wildman–Crippen MR) is 110 cm³/mol. The van der Waals surface area contributed by atoms with Crippen molar-refractivity contribution < 1.29 is 9.26 Å². The lowest BCUT2D eigenvalue weighted by molar-refractivity contribution is 0.137. The molecular formula is C23H23O2P. The average molecular weight is 362 g/mol. The maximum atomic E-state index is 6.26. The number of hydrogen-bond acceptors (Lipinski definition) is 2. The van der Waals surface area contributed by atoms with Crippen LogP contribution in [0.3, 0.4) is 0 Å². The number of rotatable bonds is 9. The molecule has 0 heterocycles. The summed E-state index contributed by atoms with van der Waals surface area (Å²) >= 11 is 0. The van der Waals surface area contributed by atoms with Gasteiger partial charge in [-0.1, -0.05) is 97.6 Å². The van der Waals surface area contributed by atoms with Crippen LogP contribution >= 0.6 is 8.15 Å². The molecule has 0 spiro atoms. The molecule has 0 radical (unpaired) electrons. The van der Waals surface area contributed by atoms with Gasteiger partial charge in [0.2, 0.25) is 0 Å². The molecule has 132 valence electrons. The van der Waals surface area contributed by atoms with E-state index in [1.165, 1.54) is 10.6 Å². The molecule has 0 fully saturated rings. The van der Waals surface area contributed by atoms with Gasteiger partial charge in [0.1, 0.15) is 0 Å². The van der Waals surface area contributed by atoms with Gasteiger partial charge in [0.05, 0.1) is 28.0 Å². The fraction of sp³-hybridized carbons (Fsp3) is 0.130. The van der Waals surface area contributed by atoms with Crippen LogP contribution in [0.25, 0.3) is 0 Å². The highest BCUT2D eigenvalue weighted by Crippen LogP contribution is 2.35. The lowest BCUT2D eigenvalue weighted by Gasteiger charge is -2.19. The Kier molecular flexibility index (Phi) is 7.15. The van der Waals surface area contributed by atoms with Crippen LogP contribution in [-0.4, -0.2) is 13.2 Å². The van der Waals surface area contributed by atoms with E-state index in [1.54, 1.807) is 0 Å². The zero-order valence-corrected chi connectivity index (χ0v) is 15.6. The molecule has 3 aromatic carbocycles. The van der Waals surface area contributed by atoms with E-state index in [2.05, 4.69) is 67.2 Å². The van der Waals surface area contributed by atoms with Crippen molar-refractivity contribution in [2.45, 2.75) is 6.61 Å². The van der Waals surface area contributed by atoms with Gasteiger partial charge >= 0.3 is 0 Å². The molecule has 0 atom stereocenters. The van der Waals surface area contributed by atoms with Crippen molar-refractivity contribution in [2.24, 2.45) is 0 Å². The smallest absolute Gasteiger partial charge is 0.0922 e. The summed E-state index contributed by atoms with van der Waals surface area (Å²) in [7, 11) is -0.859. The summed E-state index contributed by atoms with van der Waals surface area (Å²) in [6.07, 6.45) is 0. The molecule has 0 bridgehead atoms. The molecule has 0 aromatic heterocycles. The fourth-order valence-electron chi connectivity index (χ4n) is 2.51. The van der Waals surface area contributed by atoms with Crippen LogP contribution in [0.2, 0.25) is 0 Å². The molecule has 0 aliphatic carbocycles. The van der Waals surface area contributed by atoms with E-state index in [0.717, 1.165) is 11.1 Å². The zero-order valence-electron chi connectivity index (χ0n) is 14.8. The molecule has 2 nitrogen and oxygen atoms in total. The highest BCUT2D eigenvalue weighted by molar-refractivity contribution is 7.68. The standard InChI is InChI=1S/C23H23O2P/c1-20(17-24-19-21-11-5-2-6-12-21)18-25-26(22-13-7-3-8-14-22)23-15-9-4-10-16-23/h2-16H,1,17-19H2. The zero-order chi connectivity index (χ0) is 18.0. The van der Waals surface area contributed by atoms with Crippen molar-refractivity contribution >= 4 is 18.8 Å². The molecular weight excluding hydrogens is 339 g/mol. The van der Waals surface area contributed by atoms with Gasteiger partial charge < -0.3 is 9.26 Å². The minimum Gasteiger partial charge on any atom is -0.372 e. The molecule has 0 amide bonds. The van der Waals surface area contributed by atoms with E-state index < -0.39 is 8.15 Å². The normalized spacial score (nSPS) is 10.8. The van der Waals surface area contributed by atoms with Gasteiger partial charge in [0, 0.05) is 10.6 Å². The first-order chi connectivity index (χ1) is 12.8. The van der Waals surface area contributed by atoms with E-state index >= 15 is 0 Å². The molecule has 0 saturated carbocycles. The monoisotopic (exact) mass is 362 g/mol. The molecule has 3 aromatic rings. The first-order valence-electron chi connectivity index (χ1n) is 8.64.